The Morgan fingerprint density at radius 2 is 2.62 bits per heavy atom. The molecule has 1 aromatic heterocycles. The molecule has 2 atom stereocenters. The minimum Gasteiger partial charge on any atom is -0.373 e. The molecule has 0 saturated carbocycles. The third kappa shape index (κ3) is 2.07. The van der Waals surface area contributed by atoms with Crippen LogP contribution < -0.4 is 5.73 Å². The third-order valence-corrected chi connectivity index (χ3v) is 2.76. The van der Waals surface area contributed by atoms with Gasteiger partial charge in [0, 0.05) is 19.3 Å². The van der Waals surface area contributed by atoms with Crippen molar-refractivity contribution in [2.75, 3.05) is 19.7 Å². The van der Waals surface area contributed by atoms with Crippen molar-refractivity contribution in [3.05, 3.63) is 18.0 Å². The SMILES string of the molecule is CC1COC(CN)CN1C(=O)c1ccn[nH]1. The van der Waals surface area contributed by atoms with Crippen LogP contribution >= 0.6 is 0 Å². The predicted molar refractivity (Wildman–Crippen MR) is 57.9 cm³/mol. The van der Waals surface area contributed by atoms with Gasteiger partial charge >= 0.3 is 0 Å². The number of hydrogen-bond donors (Lipinski definition) is 2. The molecule has 0 bridgehead atoms. The highest BCUT2D eigenvalue weighted by atomic mass is 16.5. The van der Waals surface area contributed by atoms with Crippen molar-refractivity contribution in [1.29, 1.82) is 0 Å². The van der Waals surface area contributed by atoms with Gasteiger partial charge < -0.3 is 15.4 Å². The van der Waals surface area contributed by atoms with Gasteiger partial charge in [0.25, 0.3) is 5.91 Å². The van der Waals surface area contributed by atoms with E-state index in [1.54, 1.807) is 17.2 Å². The fraction of sp³-hybridized carbons (Fsp3) is 0.600. The number of morpholine rings is 1. The summed E-state index contributed by atoms with van der Waals surface area (Å²) in [7, 11) is 0. The summed E-state index contributed by atoms with van der Waals surface area (Å²) in [6.07, 6.45) is 1.50. The molecular formula is C10H16N4O2. The molecule has 0 aromatic carbocycles. The Labute approximate surface area is 93.8 Å². The summed E-state index contributed by atoms with van der Waals surface area (Å²) in [4.78, 5) is 13.9. The van der Waals surface area contributed by atoms with Gasteiger partial charge in [0.15, 0.2) is 0 Å². The van der Waals surface area contributed by atoms with Crippen molar-refractivity contribution >= 4 is 5.91 Å². The Kier molecular flexibility index (Phi) is 3.21. The number of aromatic amines is 1. The van der Waals surface area contributed by atoms with Gasteiger partial charge in [-0.25, -0.2) is 0 Å². The quantitative estimate of drug-likeness (QED) is 0.715. The fourth-order valence-electron chi connectivity index (χ4n) is 1.77. The minimum absolute atomic E-state index is 0.0493. The van der Waals surface area contributed by atoms with E-state index in [9.17, 15) is 4.79 Å². The summed E-state index contributed by atoms with van der Waals surface area (Å²) in [5.41, 5.74) is 6.05. The molecule has 1 aliphatic rings. The van der Waals surface area contributed by atoms with E-state index in [0.29, 0.717) is 25.4 Å². The largest absolute Gasteiger partial charge is 0.373 e. The van der Waals surface area contributed by atoms with Crippen LogP contribution in [0.2, 0.25) is 0 Å². The van der Waals surface area contributed by atoms with E-state index in [-0.39, 0.29) is 18.1 Å². The smallest absolute Gasteiger partial charge is 0.272 e. The maximum Gasteiger partial charge on any atom is 0.272 e. The molecule has 0 radical (unpaired) electrons. The highest BCUT2D eigenvalue weighted by molar-refractivity contribution is 5.92. The molecule has 1 amide bonds. The molecule has 2 rings (SSSR count). The molecule has 3 N–H and O–H groups in total. The topological polar surface area (TPSA) is 84.2 Å². The van der Waals surface area contributed by atoms with Crippen LogP contribution in [0.25, 0.3) is 0 Å². The summed E-state index contributed by atoms with van der Waals surface area (Å²) >= 11 is 0. The summed E-state index contributed by atoms with van der Waals surface area (Å²) in [5, 5.41) is 6.45. The van der Waals surface area contributed by atoms with E-state index >= 15 is 0 Å². The molecule has 16 heavy (non-hydrogen) atoms. The summed E-state index contributed by atoms with van der Waals surface area (Å²) < 4.78 is 5.49. The van der Waals surface area contributed by atoms with Crippen molar-refractivity contribution in [2.45, 2.75) is 19.1 Å². The zero-order valence-corrected chi connectivity index (χ0v) is 9.22. The summed E-state index contributed by atoms with van der Waals surface area (Å²) in [6.45, 7) is 3.46. The number of nitrogens with two attached hydrogens (primary N) is 1. The number of ether oxygens (including phenoxy) is 1. The van der Waals surface area contributed by atoms with Gasteiger partial charge in [-0.2, -0.15) is 5.10 Å². The zero-order valence-electron chi connectivity index (χ0n) is 9.22. The monoisotopic (exact) mass is 224 g/mol. The van der Waals surface area contributed by atoms with E-state index < -0.39 is 0 Å². The standard InChI is InChI=1S/C10H16N4O2/c1-7-6-16-8(4-11)5-14(7)10(15)9-2-3-12-13-9/h2-3,7-8H,4-6,11H2,1H3,(H,12,13). The van der Waals surface area contributed by atoms with Crippen molar-refractivity contribution in [3.63, 3.8) is 0 Å². The first-order chi connectivity index (χ1) is 7.72. The maximum atomic E-state index is 12.1. The Bertz CT molecular complexity index is 352. The Morgan fingerprint density at radius 3 is 3.25 bits per heavy atom. The molecule has 2 unspecified atom stereocenters. The first-order valence-corrected chi connectivity index (χ1v) is 5.34. The zero-order chi connectivity index (χ0) is 11.5. The number of carbonyl (C=O) groups is 1. The minimum atomic E-state index is -0.0666. The first-order valence-electron chi connectivity index (χ1n) is 5.34. The summed E-state index contributed by atoms with van der Waals surface area (Å²) in [6, 6.07) is 1.74. The van der Waals surface area contributed by atoms with Crippen LogP contribution in [0.4, 0.5) is 0 Å². The number of amides is 1. The highest BCUT2D eigenvalue weighted by Gasteiger charge is 2.29. The molecule has 1 fully saturated rings. The molecule has 6 nitrogen and oxygen atoms in total. The lowest BCUT2D eigenvalue weighted by Gasteiger charge is -2.37. The van der Waals surface area contributed by atoms with Crippen LogP contribution in [0.1, 0.15) is 17.4 Å². The van der Waals surface area contributed by atoms with E-state index in [1.807, 2.05) is 6.92 Å². The van der Waals surface area contributed by atoms with Crippen molar-refractivity contribution < 1.29 is 9.53 Å². The van der Waals surface area contributed by atoms with Crippen LogP contribution in [0, 0.1) is 0 Å². The second kappa shape index (κ2) is 4.63. The molecular weight excluding hydrogens is 208 g/mol. The lowest BCUT2D eigenvalue weighted by atomic mass is 10.2. The fourth-order valence-corrected chi connectivity index (χ4v) is 1.77. The molecule has 2 heterocycles. The average Bonchev–Trinajstić information content (AvgIpc) is 2.82. The third-order valence-electron chi connectivity index (χ3n) is 2.76. The molecule has 1 saturated heterocycles. The number of nitrogens with one attached hydrogen (secondary N) is 1. The Balaban J connectivity index is 2.09. The van der Waals surface area contributed by atoms with Crippen molar-refractivity contribution in [2.24, 2.45) is 5.73 Å². The Morgan fingerprint density at radius 1 is 1.81 bits per heavy atom. The van der Waals surface area contributed by atoms with Crippen molar-refractivity contribution in [1.82, 2.24) is 15.1 Å². The van der Waals surface area contributed by atoms with Gasteiger partial charge in [0.2, 0.25) is 0 Å². The maximum absolute atomic E-state index is 12.1. The lowest BCUT2D eigenvalue weighted by Crippen LogP contribution is -2.53. The summed E-state index contributed by atoms with van der Waals surface area (Å²) in [5.74, 6) is -0.0493. The number of hydrogen-bond acceptors (Lipinski definition) is 4. The molecule has 0 spiro atoms. The van der Waals surface area contributed by atoms with Crippen LogP contribution in [0.5, 0.6) is 0 Å². The Hall–Kier alpha value is -1.40. The van der Waals surface area contributed by atoms with Gasteiger partial charge in [0.05, 0.1) is 18.8 Å². The number of rotatable bonds is 2. The number of carbonyl (C=O) groups excluding carboxylic acids is 1. The van der Waals surface area contributed by atoms with E-state index in [4.69, 9.17) is 10.5 Å². The van der Waals surface area contributed by atoms with Gasteiger partial charge in [0.1, 0.15) is 5.69 Å². The second-order valence-corrected chi connectivity index (χ2v) is 3.97. The van der Waals surface area contributed by atoms with Gasteiger partial charge in [-0.1, -0.05) is 0 Å². The molecule has 1 aromatic rings. The van der Waals surface area contributed by atoms with Gasteiger partial charge in [-0.15, -0.1) is 0 Å². The highest BCUT2D eigenvalue weighted by Crippen LogP contribution is 2.13. The predicted octanol–water partition coefficient (Wildman–Crippen LogP) is -0.402. The first kappa shape index (κ1) is 11.1. The van der Waals surface area contributed by atoms with Crippen LogP contribution in [0.3, 0.4) is 0 Å². The van der Waals surface area contributed by atoms with Gasteiger partial charge in [-0.3, -0.25) is 9.89 Å². The molecule has 88 valence electrons. The van der Waals surface area contributed by atoms with E-state index in [2.05, 4.69) is 10.2 Å². The number of nitrogens with zero attached hydrogens (tertiary/aromatic N) is 2. The van der Waals surface area contributed by atoms with Crippen LogP contribution in [-0.4, -0.2) is 52.8 Å². The normalized spacial score (nSPS) is 25.8. The van der Waals surface area contributed by atoms with Crippen molar-refractivity contribution in [3.8, 4) is 0 Å². The van der Waals surface area contributed by atoms with Crippen LogP contribution in [0.15, 0.2) is 12.3 Å². The van der Waals surface area contributed by atoms with Crippen LogP contribution in [-0.2, 0) is 4.74 Å². The number of H-pyrrole nitrogens is 1. The second-order valence-electron chi connectivity index (χ2n) is 3.97. The van der Waals surface area contributed by atoms with E-state index in [1.165, 1.54) is 0 Å². The lowest BCUT2D eigenvalue weighted by molar-refractivity contribution is -0.0427. The average molecular weight is 224 g/mol. The number of aromatic nitrogens is 2. The molecule has 0 aliphatic carbocycles. The van der Waals surface area contributed by atoms with E-state index in [0.717, 1.165) is 0 Å². The molecule has 6 heteroatoms. The van der Waals surface area contributed by atoms with Gasteiger partial charge in [-0.05, 0) is 13.0 Å². The molecule has 1 aliphatic heterocycles.